The van der Waals surface area contributed by atoms with Gasteiger partial charge in [-0.3, -0.25) is 29.9 Å². The molecule has 2 aliphatic rings. The first kappa shape index (κ1) is 23.9. The predicted molar refractivity (Wildman–Crippen MR) is 117 cm³/mol. The molecule has 1 aromatic heterocycles. The molecule has 0 saturated carbocycles. The van der Waals surface area contributed by atoms with Gasteiger partial charge in [-0.05, 0) is 31.0 Å². The highest BCUT2D eigenvalue weighted by Gasteiger charge is 2.43. The molecule has 1 aromatic carbocycles. The van der Waals surface area contributed by atoms with Gasteiger partial charge in [0.15, 0.2) is 5.78 Å². The van der Waals surface area contributed by atoms with Crippen LogP contribution >= 0.6 is 11.3 Å². The number of thiophene rings is 1. The summed E-state index contributed by atoms with van der Waals surface area (Å²) in [5.74, 6) is -1.72. The second-order valence-corrected chi connectivity index (χ2v) is 8.80. The molecule has 0 bridgehead atoms. The molecule has 0 saturated heterocycles. The van der Waals surface area contributed by atoms with Crippen LogP contribution in [0.15, 0.2) is 53.0 Å². The van der Waals surface area contributed by atoms with Crippen molar-refractivity contribution in [2.75, 3.05) is 4.90 Å². The number of benzene rings is 1. The number of ketones is 1. The summed E-state index contributed by atoms with van der Waals surface area (Å²) in [6.45, 7) is 0. The standard InChI is InChI=1S/C21H14F3N5O5S/c22-21(23,24)10-4-5-12(14(8-10)28(31)32)27-13-2-1-3-15(30)19(13)18(11(9-25)20(27)26)16-6-7-17(35-16)29(33)34/h4-8,18H,1-3,26H2. The maximum absolute atomic E-state index is 13.2. The fourth-order valence-corrected chi connectivity index (χ4v) is 5.22. The Morgan fingerprint density at radius 2 is 1.86 bits per heavy atom. The van der Waals surface area contributed by atoms with E-state index in [4.69, 9.17) is 5.73 Å². The van der Waals surface area contributed by atoms with E-state index < -0.39 is 33.2 Å². The number of halogens is 3. The molecule has 2 heterocycles. The summed E-state index contributed by atoms with van der Waals surface area (Å²) < 4.78 is 39.6. The summed E-state index contributed by atoms with van der Waals surface area (Å²) in [7, 11) is 0. The zero-order valence-electron chi connectivity index (χ0n) is 17.5. The number of hydrogen-bond acceptors (Lipinski definition) is 9. The lowest BCUT2D eigenvalue weighted by atomic mass is 9.78. The number of Topliss-reactive ketones (excluding diaryl/α,β-unsaturated/α-hetero) is 1. The third-order valence-corrected chi connectivity index (χ3v) is 6.83. The second kappa shape index (κ2) is 8.51. The molecular formula is C21H14F3N5O5S. The van der Waals surface area contributed by atoms with Gasteiger partial charge in [-0.15, -0.1) is 0 Å². The van der Waals surface area contributed by atoms with Crippen molar-refractivity contribution in [3.05, 3.63) is 83.7 Å². The molecule has 0 amide bonds. The molecule has 1 unspecified atom stereocenters. The van der Waals surface area contributed by atoms with E-state index in [0.29, 0.717) is 23.4 Å². The molecule has 4 rings (SSSR count). The van der Waals surface area contributed by atoms with Crippen LogP contribution in [0.5, 0.6) is 0 Å². The van der Waals surface area contributed by atoms with Crippen LogP contribution in [0.1, 0.15) is 35.6 Å². The quantitative estimate of drug-likeness (QED) is 0.455. The van der Waals surface area contributed by atoms with E-state index >= 15 is 0 Å². The minimum Gasteiger partial charge on any atom is -0.384 e. The zero-order chi connectivity index (χ0) is 25.7. The fourth-order valence-electron chi connectivity index (χ4n) is 4.28. The van der Waals surface area contributed by atoms with Gasteiger partial charge in [0.2, 0.25) is 0 Å². The first-order valence-corrected chi connectivity index (χ1v) is 10.8. The van der Waals surface area contributed by atoms with Crippen molar-refractivity contribution in [2.24, 2.45) is 5.73 Å². The highest BCUT2D eigenvalue weighted by Crippen LogP contribution is 2.50. The van der Waals surface area contributed by atoms with Crippen molar-refractivity contribution < 1.29 is 27.8 Å². The summed E-state index contributed by atoms with van der Waals surface area (Å²) in [4.78, 5) is 35.7. The van der Waals surface area contributed by atoms with Gasteiger partial charge in [0.05, 0.1) is 33.0 Å². The molecule has 0 fully saturated rings. The average molecular weight is 505 g/mol. The van der Waals surface area contributed by atoms with Crippen LogP contribution in [-0.2, 0) is 11.0 Å². The first-order chi connectivity index (χ1) is 16.5. The molecule has 35 heavy (non-hydrogen) atoms. The molecule has 1 aliphatic heterocycles. The second-order valence-electron chi connectivity index (χ2n) is 7.71. The minimum atomic E-state index is -4.84. The largest absolute Gasteiger partial charge is 0.416 e. The number of alkyl halides is 3. The monoisotopic (exact) mass is 505 g/mol. The van der Waals surface area contributed by atoms with E-state index in [2.05, 4.69) is 0 Å². The Kier molecular flexibility index (Phi) is 5.81. The summed E-state index contributed by atoms with van der Waals surface area (Å²) in [6, 6.07) is 6.42. The number of allylic oxidation sites excluding steroid dienone is 3. The number of carbonyl (C=O) groups excluding carboxylic acids is 1. The van der Waals surface area contributed by atoms with Crippen molar-refractivity contribution in [2.45, 2.75) is 31.4 Å². The van der Waals surface area contributed by atoms with E-state index in [0.717, 1.165) is 22.3 Å². The van der Waals surface area contributed by atoms with Gasteiger partial charge in [0.1, 0.15) is 11.5 Å². The van der Waals surface area contributed by atoms with Crippen LogP contribution in [-0.4, -0.2) is 15.6 Å². The van der Waals surface area contributed by atoms with Gasteiger partial charge in [-0.25, -0.2) is 0 Å². The Morgan fingerprint density at radius 3 is 2.43 bits per heavy atom. The molecule has 180 valence electrons. The predicted octanol–water partition coefficient (Wildman–Crippen LogP) is 4.89. The van der Waals surface area contributed by atoms with Crippen molar-refractivity contribution in [1.29, 1.82) is 5.26 Å². The van der Waals surface area contributed by atoms with E-state index in [1.807, 2.05) is 6.07 Å². The molecule has 1 atom stereocenters. The number of carbonyl (C=O) groups is 1. The number of nitrogens with two attached hydrogens (primary N) is 1. The number of rotatable bonds is 4. The Labute approximate surface area is 198 Å². The van der Waals surface area contributed by atoms with E-state index in [1.54, 1.807) is 0 Å². The first-order valence-electron chi connectivity index (χ1n) is 10.0. The van der Waals surface area contributed by atoms with E-state index in [1.165, 1.54) is 12.1 Å². The normalized spacial score (nSPS) is 18.4. The lowest BCUT2D eigenvalue weighted by Crippen LogP contribution is -2.38. The molecule has 1 aliphatic carbocycles. The summed E-state index contributed by atoms with van der Waals surface area (Å²) in [5, 5.41) is 32.6. The van der Waals surface area contributed by atoms with Gasteiger partial charge in [-0.1, -0.05) is 11.3 Å². The van der Waals surface area contributed by atoms with Crippen LogP contribution < -0.4 is 10.6 Å². The number of anilines is 1. The van der Waals surface area contributed by atoms with Crippen molar-refractivity contribution >= 4 is 33.5 Å². The Balaban J connectivity index is 1.98. The lowest BCUT2D eigenvalue weighted by molar-refractivity contribution is -0.384. The Hall–Kier alpha value is -4.25. The van der Waals surface area contributed by atoms with Crippen LogP contribution in [0.3, 0.4) is 0 Å². The molecule has 2 N–H and O–H groups in total. The molecule has 0 spiro atoms. The fraction of sp³-hybridized carbons (Fsp3) is 0.238. The summed E-state index contributed by atoms with van der Waals surface area (Å²) >= 11 is 0.758. The maximum Gasteiger partial charge on any atom is 0.416 e. The van der Waals surface area contributed by atoms with Crippen molar-refractivity contribution in [3.63, 3.8) is 0 Å². The van der Waals surface area contributed by atoms with E-state index in [-0.39, 0.29) is 52.0 Å². The smallest absolute Gasteiger partial charge is 0.384 e. The number of hydrogen-bond donors (Lipinski definition) is 1. The lowest BCUT2D eigenvalue weighted by Gasteiger charge is -2.39. The molecule has 10 nitrogen and oxygen atoms in total. The SMILES string of the molecule is N#CC1=C(N)N(c2ccc(C(F)(F)F)cc2[N+](=O)[O-])C2=C(C(=O)CCC2)C1c1ccc([N+](=O)[O-])s1. The van der Waals surface area contributed by atoms with Gasteiger partial charge < -0.3 is 5.73 Å². The Morgan fingerprint density at radius 1 is 1.14 bits per heavy atom. The van der Waals surface area contributed by atoms with Crippen molar-refractivity contribution in [1.82, 2.24) is 0 Å². The topological polar surface area (TPSA) is 156 Å². The van der Waals surface area contributed by atoms with Gasteiger partial charge in [0.25, 0.3) is 5.69 Å². The van der Waals surface area contributed by atoms with Crippen LogP contribution in [0.25, 0.3) is 0 Å². The third-order valence-electron chi connectivity index (χ3n) is 5.73. The van der Waals surface area contributed by atoms with Gasteiger partial charge in [0, 0.05) is 34.7 Å². The summed E-state index contributed by atoms with van der Waals surface area (Å²) in [5.41, 5.74) is 3.90. The highest BCUT2D eigenvalue weighted by atomic mass is 32.1. The van der Waals surface area contributed by atoms with Gasteiger partial charge >= 0.3 is 11.2 Å². The minimum absolute atomic E-state index is 0.0907. The van der Waals surface area contributed by atoms with Crippen LogP contribution in [0, 0.1) is 31.6 Å². The number of nitro groups is 2. The number of nitriles is 1. The third kappa shape index (κ3) is 3.99. The number of nitrogens with zero attached hydrogens (tertiary/aromatic N) is 4. The Bertz CT molecular complexity index is 1390. The summed E-state index contributed by atoms with van der Waals surface area (Å²) in [6.07, 6.45) is -4.20. The number of nitro benzene ring substituents is 1. The molecule has 2 aromatic rings. The average Bonchev–Trinajstić information content (AvgIpc) is 3.28. The van der Waals surface area contributed by atoms with Crippen LogP contribution in [0.2, 0.25) is 0 Å². The maximum atomic E-state index is 13.2. The van der Waals surface area contributed by atoms with Gasteiger partial charge in [-0.2, -0.15) is 18.4 Å². The highest BCUT2D eigenvalue weighted by molar-refractivity contribution is 7.15. The molecule has 14 heteroatoms. The zero-order valence-corrected chi connectivity index (χ0v) is 18.4. The van der Waals surface area contributed by atoms with Crippen LogP contribution in [0.4, 0.5) is 29.5 Å². The van der Waals surface area contributed by atoms with Crippen molar-refractivity contribution in [3.8, 4) is 6.07 Å². The molecule has 0 radical (unpaired) electrons. The molecular weight excluding hydrogens is 491 g/mol. The van der Waals surface area contributed by atoms with E-state index in [9.17, 15) is 43.5 Å².